The highest BCUT2D eigenvalue weighted by Gasteiger charge is 2.02. The minimum Gasteiger partial charge on any atom is -0.370 e. The zero-order valence-corrected chi connectivity index (χ0v) is 13.2. The van der Waals surface area contributed by atoms with E-state index in [0.29, 0.717) is 5.95 Å². The van der Waals surface area contributed by atoms with E-state index < -0.39 is 0 Å². The summed E-state index contributed by atoms with van der Waals surface area (Å²) in [7, 11) is 3.85. The van der Waals surface area contributed by atoms with Crippen molar-refractivity contribution in [3.63, 3.8) is 0 Å². The lowest BCUT2D eigenvalue weighted by atomic mass is 10.2. The van der Waals surface area contributed by atoms with Crippen LogP contribution in [-0.4, -0.2) is 21.8 Å². The normalized spacial score (nSPS) is 11.0. The quantitative estimate of drug-likeness (QED) is 0.672. The highest BCUT2D eigenvalue weighted by atomic mass is 15.4. The van der Waals surface area contributed by atoms with Gasteiger partial charge in [-0.1, -0.05) is 30.3 Å². The van der Waals surface area contributed by atoms with E-state index in [0.717, 1.165) is 17.9 Å². The van der Waals surface area contributed by atoms with Gasteiger partial charge in [-0.3, -0.25) is 0 Å². The van der Waals surface area contributed by atoms with Gasteiger partial charge >= 0.3 is 0 Å². The summed E-state index contributed by atoms with van der Waals surface area (Å²) in [5, 5.41) is 12.2. The Bertz CT molecular complexity index is 776. The summed E-state index contributed by atoms with van der Waals surface area (Å²) < 4.78 is 1.57. The van der Waals surface area contributed by atoms with Crippen LogP contribution in [0.2, 0.25) is 0 Å². The van der Waals surface area contributed by atoms with Crippen molar-refractivity contribution in [2.45, 2.75) is 6.54 Å². The first-order valence-electron chi connectivity index (χ1n) is 7.33. The summed E-state index contributed by atoms with van der Waals surface area (Å²) in [4.78, 5) is 6.20. The van der Waals surface area contributed by atoms with Gasteiger partial charge in [0.15, 0.2) is 0 Å². The molecular formula is C17H18N6. The maximum absolute atomic E-state index is 4.18. The summed E-state index contributed by atoms with van der Waals surface area (Å²) in [6.07, 6.45) is 1.45. The van der Waals surface area contributed by atoms with Gasteiger partial charge in [-0.2, -0.15) is 10.1 Å². The maximum Gasteiger partial charge on any atom is 0.267 e. The number of azo groups is 1. The fourth-order valence-electron chi connectivity index (χ4n) is 2.21. The number of hydrogen-bond donors (Lipinski definition) is 0. The third-order valence-corrected chi connectivity index (χ3v) is 3.50. The molecule has 116 valence electrons. The van der Waals surface area contributed by atoms with Gasteiger partial charge < -0.3 is 4.90 Å². The molecule has 0 unspecified atom stereocenters. The Balaban J connectivity index is 1.67. The molecule has 0 saturated heterocycles. The number of anilines is 1. The minimum atomic E-state index is 0.482. The summed E-state index contributed by atoms with van der Waals surface area (Å²) in [5.41, 5.74) is 3.19. The molecule has 6 nitrogen and oxygen atoms in total. The predicted octanol–water partition coefficient (Wildman–Crippen LogP) is 3.87. The van der Waals surface area contributed by atoms with Crippen molar-refractivity contribution >= 4 is 17.3 Å². The van der Waals surface area contributed by atoms with Crippen molar-refractivity contribution in [3.8, 4) is 0 Å². The van der Waals surface area contributed by atoms with Crippen molar-refractivity contribution < 1.29 is 0 Å². The Kier molecular flexibility index (Phi) is 4.42. The number of aromatic nitrogens is 3. The second-order valence-corrected chi connectivity index (χ2v) is 5.24. The smallest absolute Gasteiger partial charge is 0.267 e. The molecule has 1 heterocycles. The number of rotatable bonds is 5. The van der Waals surface area contributed by atoms with Gasteiger partial charge in [0, 0.05) is 26.3 Å². The third-order valence-electron chi connectivity index (χ3n) is 3.50. The van der Waals surface area contributed by atoms with Crippen LogP contribution in [0.25, 0.3) is 0 Å². The van der Waals surface area contributed by atoms with Crippen LogP contribution in [0.1, 0.15) is 5.56 Å². The van der Waals surface area contributed by atoms with Gasteiger partial charge in [0.05, 0.1) is 5.69 Å². The van der Waals surface area contributed by atoms with Gasteiger partial charge in [-0.15, -0.1) is 10.2 Å². The number of nitrogens with zero attached hydrogens (tertiary/aromatic N) is 6. The van der Waals surface area contributed by atoms with E-state index in [9.17, 15) is 0 Å². The molecule has 1 aromatic heterocycles. The molecule has 0 aliphatic rings. The van der Waals surface area contributed by atoms with Crippen LogP contribution in [0.15, 0.2) is 71.2 Å². The SMILES string of the molecule is CN(Cc1ccccc1)c1ccc(N=Nc2ncnn2C)cc1. The Morgan fingerprint density at radius 2 is 1.74 bits per heavy atom. The van der Waals surface area contributed by atoms with Crippen LogP contribution in [0.3, 0.4) is 0 Å². The van der Waals surface area contributed by atoms with Crippen molar-refractivity contribution in [1.29, 1.82) is 0 Å². The van der Waals surface area contributed by atoms with E-state index in [1.165, 1.54) is 11.9 Å². The van der Waals surface area contributed by atoms with Crippen LogP contribution in [0, 0.1) is 0 Å². The van der Waals surface area contributed by atoms with Crippen LogP contribution in [0.5, 0.6) is 0 Å². The number of aryl methyl sites for hydroxylation is 1. The molecule has 0 aliphatic carbocycles. The van der Waals surface area contributed by atoms with Crippen molar-refractivity contribution in [1.82, 2.24) is 14.8 Å². The number of hydrogen-bond acceptors (Lipinski definition) is 5. The molecule has 0 radical (unpaired) electrons. The van der Waals surface area contributed by atoms with Crippen LogP contribution in [-0.2, 0) is 13.6 Å². The van der Waals surface area contributed by atoms with E-state index in [4.69, 9.17) is 0 Å². The Labute approximate surface area is 135 Å². The highest BCUT2D eigenvalue weighted by molar-refractivity contribution is 5.52. The Morgan fingerprint density at radius 3 is 2.39 bits per heavy atom. The maximum atomic E-state index is 4.18. The first kappa shape index (κ1) is 14.9. The molecule has 2 aromatic carbocycles. The van der Waals surface area contributed by atoms with E-state index >= 15 is 0 Å². The van der Waals surface area contributed by atoms with Gasteiger partial charge in [0.1, 0.15) is 6.33 Å². The lowest BCUT2D eigenvalue weighted by molar-refractivity contribution is 0.762. The second-order valence-electron chi connectivity index (χ2n) is 5.24. The molecule has 3 aromatic rings. The highest BCUT2D eigenvalue weighted by Crippen LogP contribution is 2.21. The van der Waals surface area contributed by atoms with Crippen LogP contribution < -0.4 is 4.90 Å². The molecule has 0 fully saturated rings. The average Bonchev–Trinajstić information content (AvgIpc) is 2.99. The molecular weight excluding hydrogens is 288 g/mol. The topological polar surface area (TPSA) is 58.7 Å². The van der Waals surface area contributed by atoms with Crippen LogP contribution in [0.4, 0.5) is 17.3 Å². The fraction of sp³-hybridized carbons (Fsp3) is 0.176. The lowest BCUT2D eigenvalue weighted by Gasteiger charge is -2.19. The third kappa shape index (κ3) is 3.79. The van der Waals surface area contributed by atoms with Gasteiger partial charge in [0.2, 0.25) is 0 Å². The molecule has 0 saturated carbocycles. The molecule has 0 spiro atoms. The van der Waals surface area contributed by atoms with Crippen molar-refractivity contribution in [2.24, 2.45) is 17.3 Å². The standard InChI is InChI=1S/C17H18N6/c1-22(12-14-6-4-3-5-7-14)16-10-8-15(9-11-16)20-21-17-18-13-19-23(17)2/h3-11,13H,12H2,1-2H3. The van der Waals surface area contributed by atoms with Gasteiger partial charge in [0.25, 0.3) is 5.95 Å². The zero-order valence-electron chi connectivity index (χ0n) is 13.2. The Hall–Kier alpha value is -3.02. The summed E-state index contributed by atoms with van der Waals surface area (Å²) in [6.45, 7) is 0.862. The zero-order chi connectivity index (χ0) is 16.1. The van der Waals surface area contributed by atoms with Crippen molar-refractivity contribution in [3.05, 3.63) is 66.5 Å². The second kappa shape index (κ2) is 6.83. The van der Waals surface area contributed by atoms with E-state index in [1.54, 1.807) is 11.7 Å². The summed E-state index contributed by atoms with van der Waals surface area (Å²) in [6, 6.07) is 18.3. The molecule has 3 rings (SSSR count). The Morgan fingerprint density at radius 1 is 1.00 bits per heavy atom. The molecule has 0 bridgehead atoms. The summed E-state index contributed by atoms with van der Waals surface area (Å²) in [5.74, 6) is 0.482. The molecule has 0 N–H and O–H groups in total. The number of benzene rings is 2. The first-order chi connectivity index (χ1) is 11.2. The monoisotopic (exact) mass is 306 g/mol. The van der Waals surface area contributed by atoms with Gasteiger partial charge in [-0.05, 0) is 29.8 Å². The molecule has 0 aliphatic heterocycles. The molecule has 0 atom stereocenters. The minimum absolute atomic E-state index is 0.482. The van der Waals surface area contributed by atoms with Crippen molar-refractivity contribution in [2.75, 3.05) is 11.9 Å². The van der Waals surface area contributed by atoms with Gasteiger partial charge in [-0.25, -0.2) is 4.68 Å². The van der Waals surface area contributed by atoms with E-state index in [2.05, 4.69) is 56.5 Å². The molecule has 23 heavy (non-hydrogen) atoms. The largest absolute Gasteiger partial charge is 0.370 e. The first-order valence-corrected chi connectivity index (χ1v) is 7.33. The van der Waals surface area contributed by atoms with E-state index in [1.807, 2.05) is 30.3 Å². The molecule has 0 amide bonds. The molecule has 6 heteroatoms. The van der Waals surface area contributed by atoms with Crippen LogP contribution >= 0.6 is 0 Å². The van der Waals surface area contributed by atoms with E-state index in [-0.39, 0.29) is 0 Å². The lowest BCUT2D eigenvalue weighted by Crippen LogP contribution is -2.15. The fourth-order valence-corrected chi connectivity index (χ4v) is 2.21. The predicted molar refractivity (Wildman–Crippen MR) is 90.2 cm³/mol. The summed E-state index contributed by atoms with van der Waals surface area (Å²) >= 11 is 0. The average molecular weight is 306 g/mol.